The van der Waals surface area contributed by atoms with E-state index in [1.807, 2.05) is 0 Å². The molecule has 212 valence electrons. The first kappa shape index (κ1) is 26.8. The number of ether oxygens (including phenoxy) is 4. The maximum Gasteiger partial charge on any atom is 0.271 e. The quantitative estimate of drug-likeness (QED) is 0.260. The first-order valence-electron chi connectivity index (χ1n) is 13.0. The highest BCUT2D eigenvalue weighted by atomic mass is 19.1. The van der Waals surface area contributed by atoms with Crippen molar-refractivity contribution >= 4 is 22.5 Å². The SMILES string of the molecule is CCOc1ccn(-c2ccc(F)cc2)c(=O)c1C(=O)Nc1ccc(Oc2ccnc3ccc4c(c23)OCCO4)cc1F. The van der Waals surface area contributed by atoms with Crippen LogP contribution in [-0.4, -0.2) is 35.3 Å². The molecule has 9 nitrogen and oxygen atoms in total. The number of hydrogen-bond acceptors (Lipinski definition) is 7. The van der Waals surface area contributed by atoms with E-state index in [0.29, 0.717) is 47.1 Å². The van der Waals surface area contributed by atoms with Crippen molar-refractivity contribution in [1.29, 1.82) is 0 Å². The number of benzene rings is 3. The number of halogens is 2. The largest absolute Gasteiger partial charge is 0.493 e. The molecule has 3 heterocycles. The Labute approximate surface area is 237 Å². The van der Waals surface area contributed by atoms with Crippen LogP contribution in [0.15, 0.2) is 83.9 Å². The lowest BCUT2D eigenvalue weighted by Gasteiger charge is -2.21. The lowest BCUT2D eigenvalue weighted by atomic mass is 10.1. The molecule has 1 N–H and O–H groups in total. The Morgan fingerprint density at radius 3 is 2.60 bits per heavy atom. The Bertz CT molecular complexity index is 1870. The van der Waals surface area contributed by atoms with E-state index < -0.39 is 23.1 Å². The monoisotopic (exact) mass is 571 g/mol. The summed E-state index contributed by atoms with van der Waals surface area (Å²) in [5.41, 5.74) is -0.281. The number of fused-ring (bicyclic) bond motifs is 3. The molecule has 2 aromatic heterocycles. The van der Waals surface area contributed by atoms with Gasteiger partial charge in [0.05, 0.1) is 23.2 Å². The average molecular weight is 572 g/mol. The Kier molecular flexibility index (Phi) is 7.14. The molecule has 0 unspecified atom stereocenters. The predicted octanol–water partition coefficient (Wildman–Crippen LogP) is 5.88. The topological polar surface area (TPSA) is 101 Å². The Hall–Kier alpha value is -5.45. The molecule has 6 rings (SSSR count). The van der Waals surface area contributed by atoms with Gasteiger partial charge in [-0.3, -0.25) is 19.1 Å². The highest BCUT2D eigenvalue weighted by Gasteiger charge is 2.22. The van der Waals surface area contributed by atoms with Gasteiger partial charge in [0.15, 0.2) is 11.5 Å². The van der Waals surface area contributed by atoms with Gasteiger partial charge in [0.25, 0.3) is 11.5 Å². The van der Waals surface area contributed by atoms with E-state index in [9.17, 15) is 14.0 Å². The van der Waals surface area contributed by atoms with Crippen LogP contribution in [0.2, 0.25) is 0 Å². The molecule has 0 fully saturated rings. The number of nitrogens with zero attached hydrogens (tertiary/aromatic N) is 2. The van der Waals surface area contributed by atoms with E-state index in [0.717, 1.165) is 6.07 Å². The van der Waals surface area contributed by atoms with E-state index >= 15 is 4.39 Å². The van der Waals surface area contributed by atoms with Gasteiger partial charge in [-0.25, -0.2) is 8.78 Å². The third kappa shape index (κ3) is 5.07. The molecule has 5 aromatic rings. The highest BCUT2D eigenvalue weighted by Crippen LogP contribution is 2.43. The Morgan fingerprint density at radius 2 is 1.81 bits per heavy atom. The van der Waals surface area contributed by atoms with Crippen molar-refractivity contribution in [2.24, 2.45) is 0 Å². The van der Waals surface area contributed by atoms with Crippen molar-refractivity contribution in [2.45, 2.75) is 6.92 Å². The van der Waals surface area contributed by atoms with E-state index in [1.165, 1.54) is 53.2 Å². The molecule has 42 heavy (non-hydrogen) atoms. The molecule has 1 aliphatic heterocycles. The molecular weight excluding hydrogens is 548 g/mol. The standard InChI is InChI=1S/C31H23F2N3O6/c1-2-39-24-12-14-36(19-5-3-18(32)4-6-19)31(38)28(24)30(37)35-22-8-7-20(17-21(22)33)42-25-11-13-34-23-9-10-26-29(27(23)25)41-16-15-40-26/h3-14,17H,2,15-16H2,1H3,(H,35,37). The molecule has 1 aliphatic rings. The maximum atomic E-state index is 15.2. The minimum atomic E-state index is -0.878. The van der Waals surface area contributed by atoms with Gasteiger partial charge in [-0.1, -0.05) is 0 Å². The summed E-state index contributed by atoms with van der Waals surface area (Å²) < 4.78 is 52.8. The molecule has 0 aliphatic carbocycles. The van der Waals surface area contributed by atoms with Gasteiger partial charge in [-0.15, -0.1) is 0 Å². The first-order valence-corrected chi connectivity index (χ1v) is 13.0. The maximum absolute atomic E-state index is 15.2. The second kappa shape index (κ2) is 11.2. The second-order valence-electron chi connectivity index (χ2n) is 9.13. The molecule has 0 spiro atoms. The van der Waals surface area contributed by atoms with Gasteiger partial charge in [0.2, 0.25) is 0 Å². The normalized spacial score (nSPS) is 12.2. The summed E-state index contributed by atoms with van der Waals surface area (Å²) in [7, 11) is 0. The van der Waals surface area contributed by atoms with Crippen LogP contribution in [0.25, 0.3) is 16.6 Å². The molecule has 1 amide bonds. The number of anilines is 1. The summed E-state index contributed by atoms with van der Waals surface area (Å²) in [5.74, 6) is -0.543. The van der Waals surface area contributed by atoms with Crippen molar-refractivity contribution in [3.8, 4) is 34.4 Å². The number of pyridine rings is 2. The molecule has 0 saturated heterocycles. The minimum Gasteiger partial charge on any atom is -0.493 e. The lowest BCUT2D eigenvalue weighted by molar-refractivity contribution is 0.102. The molecule has 0 saturated carbocycles. The molecule has 0 atom stereocenters. The number of carbonyl (C=O) groups is 1. The van der Waals surface area contributed by atoms with Gasteiger partial charge in [0, 0.05) is 24.1 Å². The molecular formula is C31H23F2N3O6. The number of hydrogen-bond donors (Lipinski definition) is 1. The number of nitrogens with one attached hydrogen (secondary N) is 1. The Balaban J connectivity index is 1.29. The van der Waals surface area contributed by atoms with Gasteiger partial charge in [-0.05, 0) is 67.6 Å². The fraction of sp³-hybridized carbons (Fsp3) is 0.129. The average Bonchev–Trinajstić information content (AvgIpc) is 2.99. The van der Waals surface area contributed by atoms with Crippen LogP contribution in [-0.2, 0) is 0 Å². The van der Waals surface area contributed by atoms with Crippen LogP contribution < -0.4 is 29.8 Å². The van der Waals surface area contributed by atoms with Gasteiger partial charge < -0.3 is 24.3 Å². The molecule has 0 radical (unpaired) electrons. The molecule has 3 aromatic carbocycles. The summed E-state index contributed by atoms with van der Waals surface area (Å²) >= 11 is 0. The van der Waals surface area contributed by atoms with Crippen molar-refractivity contribution in [2.75, 3.05) is 25.1 Å². The lowest BCUT2D eigenvalue weighted by Crippen LogP contribution is -2.29. The fourth-order valence-electron chi connectivity index (χ4n) is 4.59. The van der Waals surface area contributed by atoms with Gasteiger partial charge in [-0.2, -0.15) is 0 Å². The van der Waals surface area contributed by atoms with Crippen LogP contribution in [0.1, 0.15) is 17.3 Å². The third-order valence-electron chi connectivity index (χ3n) is 6.48. The van der Waals surface area contributed by atoms with Crippen LogP contribution in [0.4, 0.5) is 14.5 Å². The summed E-state index contributed by atoms with van der Waals surface area (Å²) in [4.78, 5) is 31.0. The van der Waals surface area contributed by atoms with Crippen LogP contribution in [0.3, 0.4) is 0 Å². The van der Waals surface area contributed by atoms with Crippen molar-refractivity contribution in [3.05, 3.63) is 107 Å². The van der Waals surface area contributed by atoms with Crippen LogP contribution in [0.5, 0.6) is 28.7 Å². The zero-order valence-electron chi connectivity index (χ0n) is 22.2. The number of amides is 1. The van der Waals surface area contributed by atoms with Crippen molar-refractivity contribution in [3.63, 3.8) is 0 Å². The fourth-order valence-corrected chi connectivity index (χ4v) is 4.59. The van der Waals surface area contributed by atoms with Crippen molar-refractivity contribution < 1.29 is 32.5 Å². The predicted molar refractivity (Wildman–Crippen MR) is 150 cm³/mol. The van der Waals surface area contributed by atoms with Gasteiger partial charge >= 0.3 is 0 Å². The summed E-state index contributed by atoms with van der Waals surface area (Å²) in [6.45, 7) is 2.67. The number of carbonyl (C=O) groups excluding carboxylic acids is 1. The zero-order chi connectivity index (χ0) is 29.2. The first-order chi connectivity index (χ1) is 20.4. The minimum absolute atomic E-state index is 0.0258. The summed E-state index contributed by atoms with van der Waals surface area (Å²) in [5, 5.41) is 3.03. The zero-order valence-corrected chi connectivity index (χ0v) is 22.2. The Morgan fingerprint density at radius 1 is 1.00 bits per heavy atom. The van der Waals surface area contributed by atoms with E-state index in [1.54, 1.807) is 31.3 Å². The smallest absolute Gasteiger partial charge is 0.271 e. The molecule has 11 heteroatoms. The highest BCUT2D eigenvalue weighted by molar-refractivity contribution is 6.06. The summed E-state index contributed by atoms with van der Waals surface area (Å²) in [6, 6.07) is 15.7. The van der Waals surface area contributed by atoms with Crippen molar-refractivity contribution in [1.82, 2.24) is 9.55 Å². The number of rotatable bonds is 7. The van der Waals surface area contributed by atoms with E-state index in [4.69, 9.17) is 18.9 Å². The second-order valence-corrected chi connectivity index (χ2v) is 9.13. The summed E-state index contributed by atoms with van der Waals surface area (Å²) in [6.07, 6.45) is 2.98. The molecule has 0 bridgehead atoms. The van der Waals surface area contributed by atoms with E-state index in [2.05, 4.69) is 10.3 Å². The third-order valence-corrected chi connectivity index (χ3v) is 6.48. The number of aromatic nitrogens is 2. The van der Waals surface area contributed by atoms with Crippen LogP contribution in [0, 0.1) is 11.6 Å². The van der Waals surface area contributed by atoms with E-state index in [-0.39, 0.29) is 29.4 Å². The van der Waals surface area contributed by atoms with Gasteiger partial charge in [0.1, 0.15) is 47.7 Å². The van der Waals surface area contributed by atoms with Crippen LogP contribution >= 0.6 is 0 Å².